The fourth-order valence-corrected chi connectivity index (χ4v) is 6.07. The van der Waals surface area contributed by atoms with Gasteiger partial charge in [-0.15, -0.1) is 10.2 Å². The first-order chi connectivity index (χ1) is 16.9. The molecule has 0 bridgehead atoms. The summed E-state index contributed by atoms with van der Waals surface area (Å²) >= 11 is 2.82. The molecule has 0 aliphatic carbocycles. The van der Waals surface area contributed by atoms with E-state index in [0.717, 1.165) is 14.4 Å². The van der Waals surface area contributed by atoms with Gasteiger partial charge in [0.1, 0.15) is 5.75 Å². The monoisotopic (exact) mass is 526 g/mol. The second-order valence-electron chi connectivity index (χ2n) is 7.27. The number of nitrogens with zero attached hydrogens (tertiary/aromatic N) is 3. The van der Waals surface area contributed by atoms with Gasteiger partial charge >= 0.3 is 0 Å². The lowest BCUT2D eigenvalue weighted by atomic mass is 10.2. The first-order valence-electron chi connectivity index (χ1n) is 10.4. The van der Waals surface area contributed by atoms with Crippen molar-refractivity contribution in [3.05, 3.63) is 90.0 Å². The minimum atomic E-state index is -3.85. The molecule has 0 spiro atoms. The number of rotatable bonds is 9. The lowest BCUT2D eigenvalue weighted by molar-refractivity contribution is 0.102. The predicted molar refractivity (Wildman–Crippen MR) is 139 cm³/mol. The van der Waals surface area contributed by atoms with Crippen LogP contribution in [-0.4, -0.2) is 38.7 Å². The third-order valence-corrected chi connectivity index (χ3v) is 8.86. The molecule has 1 aromatic heterocycles. The van der Waals surface area contributed by atoms with E-state index in [2.05, 4.69) is 15.5 Å². The van der Waals surface area contributed by atoms with Crippen molar-refractivity contribution in [1.82, 2.24) is 10.2 Å². The molecule has 4 rings (SSSR count). The van der Waals surface area contributed by atoms with Gasteiger partial charge < -0.3 is 4.74 Å². The number of carbonyl (C=O) groups is 1. The highest BCUT2D eigenvalue weighted by atomic mass is 32.2. The van der Waals surface area contributed by atoms with Gasteiger partial charge in [-0.05, 0) is 42.0 Å². The van der Waals surface area contributed by atoms with Crippen molar-refractivity contribution < 1.29 is 17.9 Å². The molecule has 4 aromatic rings. The summed E-state index contributed by atoms with van der Waals surface area (Å²) in [5.41, 5.74) is 1.89. The fourth-order valence-electron chi connectivity index (χ4n) is 3.16. The molecular weight excluding hydrogens is 504 g/mol. The minimum absolute atomic E-state index is 0.0537. The van der Waals surface area contributed by atoms with Crippen molar-refractivity contribution in [1.29, 1.82) is 0 Å². The van der Waals surface area contributed by atoms with Crippen LogP contribution in [0.1, 0.15) is 15.9 Å². The number of ether oxygens (including phenoxy) is 1. The zero-order valence-corrected chi connectivity index (χ0v) is 21.4. The molecule has 0 saturated heterocycles. The molecule has 1 N–H and O–H groups in total. The van der Waals surface area contributed by atoms with Crippen molar-refractivity contribution in [2.75, 3.05) is 23.8 Å². The van der Waals surface area contributed by atoms with Crippen LogP contribution in [0.5, 0.6) is 5.75 Å². The largest absolute Gasteiger partial charge is 0.495 e. The van der Waals surface area contributed by atoms with Crippen LogP contribution in [0.4, 0.5) is 10.8 Å². The van der Waals surface area contributed by atoms with Crippen LogP contribution in [-0.2, 0) is 15.8 Å². The van der Waals surface area contributed by atoms with Gasteiger partial charge in [0.15, 0.2) is 4.34 Å². The van der Waals surface area contributed by atoms with E-state index in [-0.39, 0.29) is 4.90 Å². The van der Waals surface area contributed by atoms with Crippen LogP contribution in [0.15, 0.2) is 88.1 Å². The lowest BCUT2D eigenvalue weighted by Gasteiger charge is -2.21. The summed E-state index contributed by atoms with van der Waals surface area (Å²) in [4.78, 5) is 12.7. The Labute approximate surface area is 212 Å². The molecule has 0 aliphatic rings. The molecule has 0 unspecified atom stereocenters. The number of hydrogen-bond acceptors (Lipinski definition) is 8. The Morgan fingerprint density at radius 1 is 1.00 bits per heavy atom. The highest BCUT2D eigenvalue weighted by Crippen LogP contribution is 2.31. The van der Waals surface area contributed by atoms with E-state index in [1.807, 2.05) is 30.3 Å². The van der Waals surface area contributed by atoms with Crippen LogP contribution in [0.25, 0.3) is 0 Å². The summed E-state index contributed by atoms with van der Waals surface area (Å²) in [6.45, 7) is 0. The highest BCUT2D eigenvalue weighted by molar-refractivity contribution is 8.00. The predicted octanol–water partition coefficient (Wildman–Crippen LogP) is 4.92. The normalized spacial score (nSPS) is 11.1. The Morgan fingerprint density at radius 2 is 1.69 bits per heavy atom. The maximum atomic E-state index is 13.1. The molecule has 0 fully saturated rings. The number of amides is 1. The van der Waals surface area contributed by atoms with Crippen LogP contribution >= 0.6 is 23.1 Å². The summed E-state index contributed by atoms with van der Waals surface area (Å²) in [6, 6.07) is 22.6. The lowest BCUT2D eigenvalue weighted by Crippen LogP contribution is -2.27. The maximum absolute atomic E-state index is 13.1. The SMILES string of the molecule is COc1ccccc1N(C)S(=O)(=O)c1ccc(C(=O)Nc2nnc(SCc3ccccc3)s2)cc1. The first-order valence-corrected chi connectivity index (χ1v) is 13.7. The highest BCUT2D eigenvalue weighted by Gasteiger charge is 2.24. The van der Waals surface area contributed by atoms with Gasteiger partial charge in [-0.25, -0.2) is 8.42 Å². The van der Waals surface area contributed by atoms with Crippen molar-refractivity contribution in [2.24, 2.45) is 0 Å². The summed E-state index contributed by atoms with van der Waals surface area (Å²) < 4.78 is 33.3. The van der Waals surface area contributed by atoms with Crippen LogP contribution in [0.3, 0.4) is 0 Å². The molecule has 1 amide bonds. The quantitative estimate of drug-likeness (QED) is 0.244. The van der Waals surface area contributed by atoms with Gasteiger partial charge in [0.05, 0.1) is 17.7 Å². The minimum Gasteiger partial charge on any atom is -0.495 e. The van der Waals surface area contributed by atoms with E-state index in [9.17, 15) is 13.2 Å². The average Bonchev–Trinajstić information content (AvgIpc) is 3.34. The Balaban J connectivity index is 1.41. The van der Waals surface area contributed by atoms with Gasteiger partial charge in [-0.2, -0.15) is 0 Å². The number of benzene rings is 3. The van der Waals surface area contributed by atoms with E-state index in [0.29, 0.717) is 22.1 Å². The van der Waals surface area contributed by atoms with Gasteiger partial charge in [0.2, 0.25) is 5.13 Å². The molecule has 35 heavy (non-hydrogen) atoms. The van der Waals surface area contributed by atoms with Crippen molar-refractivity contribution in [2.45, 2.75) is 15.0 Å². The Hall–Kier alpha value is -3.41. The summed E-state index contributed by atoms with van der Waals surface area (Å²) in [5, 5.41) is 11.2. The molecule has 0 saturated carbocycles. The molecular formula is C24H22N4O4S3. The number of aromatic nitrogens is 2. The number of thioether (sulfide) groups is 1. The second kappa shape index (κ2) is 10.9. The number of sulfonamides is 1. The van der Waals surface area contributed by atoms with Gasteiger partial charge in [-0.3, -0.25) is 14.4 Å². The van der Waals surface area contributed by atoms with Crippen molar-refractivity contribution >= 4 is 49.8 Å². The molecule has 3 aromatic carbocycles. The number of carbonyl (C=O) groups excluding carboxylic acids is 1. The molecule has 0 radical (unpaired) electrons. The molecule has 11 heteroatoms. The van der Waals surface area contributed by atoms with Crippen molar-refractivity contribution in [3.63, 3.8) is 0 Å². The number of anilines is 2. The summed E-state index contributed by atoms with van der Waals surface area (Å²) in [6.07, 6.45) is 0. The van der Waals surface area contributed by atoms with E-state index in [1.165, 1.54) is 67.1 Å². The van der Waals surface area contributed by atoms with E-state index >= 15 is 0 Å². The number of para-hydroxylation sites is 2. The molecule has 1 heterocycles. The molecule has 180 valence electrons. The van der Waals surface area contributed by atoms with Crippen LogP contribution in [0.2, 0.25) is 0 Å². The smallest absolute Gasteiger partial charge is 0.264 e. The van der Waals surface area contributed by atoms with Crippen molar-refractivity contribution in [3.8, 4) is 5.75 Å². The number of methoxy groups -OCH3 is 1. The number of nitrogens with one attached hydrogen (secondary N) is 1. The van der Waals surface area contributed by atoms with Crippen LogP contribution in [0, 0.1) is 0 Å². The van der Waals surface area contributed by atoms with E-state index in [1.54, 1.807) is 24.3 Å². The summed E-state index contributed by atoms with van der Waals surface area (Å²) in [7, 11) is -0.917. The Morgan fingerprint density at radius 3 is 2.40 bits per heavy atom. The zero-order valence-electron chi connectivity index (χ0n) is 18.9. The second-order valence-corrected chi connectivity index (χ2v) is 11.4. The average molecular weight is 527 g/mol. The standard InChI is InChI=1S/C24H22N4O4S3/c1-28(20-10-6-7-11-21(20)32-2)35(30,31)19-14-12-18(13-15-19)22(29)25-23-26-27-24(34-23)33-16-17-8-4-3-5-9-17/h3-15H,16H2,1-2H3,(H,25,26,29). The first kappa shape index (κ1) is 24.7. The molecule has 0 aliphatic heterocycles. The third kappa shape index (κ3) is 5.81. The van der Waals surface area contributed by atoms with Gasteiger partial charge in [-0.1, -0.05) is 65.6 Å². The Kier molecular flexibility index (Phi) is 7.69. The zero-order chi connectivity index (χ0) is 24.8. The molecule has 8 nitrogen and oxygen atoms in total. The van der Waals surface area contributed by atoms with Gasteiger partial charge in [0, 0.05) is 18.4 Å². The van der Waals surface area contributed by atoms with E-state index < -0.39 is 15.9 Å². The maximum Gasteiger partial charge on any atom is 0.264 e. The molecule has 0 atom stereocenters. The fraction of sp³-hybridized carbons (Fsp3) is 0.125. The number of hydrogen-bond donors (Lipinski definition) is 1. The van der Waals surface area contributed by atoms with E-state index in [4.69, 9.17) is 4.74 Å². The summed E-state index contributed by atoms with van der Waals surface area (Å²) in [5.74, 6) is 0.790. The van der Waals surface area contributed by atoms with Gasteiger partial charge in [0.25, 0.3) is 15.9 Å². The Bertz CT molecular complexity index is 1410. The van der Waals surface area contributed by atoms with Crippen LogP contribution < -0.4 is 14.4 Å². The topological polar surface area (TPSA) is 101 Å². The third-order valence-electron chi connectivity index (χ3n) is 5.03.